The fourth-order valence-electron chi connectivity index (χ4n) is 3.86. The molecule has 11 heteroatoms. The summed E-state index contributed by atoms with van der Waals surface area (Å²) in [6, 6.07) is 10.0. The zero-order valence-corrected chi connectivity index (χ0v) is 20.4. The van der Waals surface area contributed by atoms with Gasteiger partial charge in [0.25, 0.3) is 11.1 Å². The summed E-state index contributed by atoms with van der Waals surface area (Å²) in [5, 5.41) is 11.2. The number of amides is 1. The zero-order valence-electron chi connectivity index (χ0n) is 19.6. The Labute approximate surface area is 210 Å². The molecule has 0 atom stereocenters. The first-order chi connectivity index (χ1) is 17.5. The molecular formula is C25H22FN5O4S. The van der Waals surface area contributed by atoms with Crippen LogP contribution in [0.4, 0.5) is 9.52 Å². The highest BCUT2D eigenvalue weighted by Gasteiger charge is 2.21. The summed E-state index contributed by atoms with van der Waals surface area (Å²) in [4.78, 5) is 22.0. The van der Waals surface area contributed by atoms with Crippen LogP contribution < -0.4 is 14.8 Å². The maximum Gasteiger partial charge on any atom is 0.296 e. The first-order valence-corrected chi connectivity index (χ1v) is 12.0. The number of aromatic nitrogens is 4. The number of hydrogen-bond donors (Lipinski definition) is 1. The van der Waals surface area contributed by atoms with Gasteiger partial charge in [0.2, 0.25) is 5.13 Å². The number of carbonyl (C=O) groups excluding carboxylic acids is 1. The first-order valence-electron chi connectivity index (χ1n) is 11.1. The summed E-state index contributed by atoms with van der Waals surface area (Å²) in [5.74, 6) is -0.711. The van der Waals surface area contributed by atoms with Crippen LogP contribution in [0.15, 0.2) is 42.6 Å². The maximum atomic E-state index is 14.8. The molecule has 0 saturated carbocycles. The van der Waals surface area contributed by atoms with Crippen molar-refractivity contribution in [3.05, 3.63) is 76.6 Å². The van der Waals surface area contributed by atoms with Crippen LogP contribution in [0.5, 0.6) is 10.9 Å². The van der Waals surface area contributed by atoms with E-state index in [4.69, 9.17) is 14.2 Å². The van der Waals surface area contributed by atoms with E-state index in [1.54, 1.807) is 25.1 Å². The Morgan fingerprint density at radius 3 is 3.00 bits per heavy atom. The minimum absolute atomic E-state index is 0.170. The lowest BCUT2D eigenvalue weighted by atomic mass is 9.98. The second-order valence-corrected chi connectivity index (χ2v) is 8.96. The van der Waals surface area contributed by atoms with Gasteiger partial charge in [0, 0.05) is 29.6 Å². The van der Waals surface area contributed by atoms with Crippen LogP contribution in [-0.2, 0) is 24.4 Å². The number of ether oxygens (including phenoxy) is 3. The van der Waals surface area contributed by atoms with Gasteiger partial charge in [0.1, 0.15) is 18.2 Å². The molecule has 4 aromatic rings. The third-order valence-corrected chi connectivity index (χ3v) is 6.34. The quantitative estimate of drug-likeness (QED) is 0.393. The van der Waals surface area contributed by atoms with Gasteiger partial charge in [-0.05, 0) is 48.1 Å². The van der Waals surface area contributed by atoms with Crippen molar-refractivity contribution in [2.45, 2.75) is 26.6 Å². The van der Waals surface area contributed by atoms with Crippen LogP contribution in [0.25, 0.3) is 11.1 Å². The largest absolute Gasteiger partial charge is 0.496 e. The number of methoxy groups -OCH3 is 1. The Bertz CT molecular complexity index is 1430. The average molecular weight is 508 g/mol. The summed E-state index contributed by atoms with van der Waals surface area (Å²) in [5.41, 5.74) is 4.21. The van der Waals surface area contributed by atoms with Crippen LogP contribution >= 0.6 is 11.3 Å². The molecule has 3 aromatic heterocycles. The molecule has 0 fully saturated rings. The van der Waals surface area contributed by atoms with E-state index in [2.05, 4.69) is 25.5 Å². The minimum Gasteiger partial charge on any atom is -0.496 e. The number of nitrogens with zero attached hydrogens (tertiary/aromatic N) is 4. The Morgan fingerprint density at radius 2 is 2.14 bits per heavy atom. The summed E-state index contributed by atoms with van der Waals surface area (Å²) in [7, 11) is 1.45. The summed E-state index contributed by atoms with van der Waals surface area (Å²) in [6.45, 7) is 3.21. The van der Waals surface area contributed by atoms with Crippen LogP contribution in [-0.4, -0.2) is 39.8 Å². The Kier molecular flexibility index (Phi) is 6.83. The van der Waals surface area contributed by atoms with Crippen LogP contribution in [0.3, 0.4) is 0 Å². The number of halogens is 1. The summed E-state index contributed by atoms with van der Waals surface area (Å²) < 4.78 is 31.3. The predicted octanol–water partition coefficient (Wildman–Crippen LogP) is 4.36. The van der Waals surface area contributed by atoms with Crippen molar-refractivity contribution in [3.63, 3.8) is 0 Å². The first kappa shape index (κ1) is 23.8. The van der Waals surface area contributed by atoms with E-state index < -0.39 is 11.7 Å². The number of pyridine rings is 2. The van der Waals surface area contributed by atoms with Gasteiger partial charge in [-0.15, -0.1) is 5.10 Å². The van der Waals surface area contributed by atoms with Crippen molar-refractivity contribution in [1.29, 1.82) is 0 Å². The number of anilines is 1. The fraction of sp³-hybridized carbons (Fsp3) is 0.240. The predicted molar refractivity (Wildman–Crippen MR) is 131 cm³/mol. The van der Waals surface area contributed by atoms with E-state index in [9.17, 15) is 9.18 Å². The summed E-state index contributed by atoms with van der Waals surface area (Å²) >= 11 is 1.08. The second kappa shape index (κ2) is 10.3. The third kappa shape index (κ3) is 5.02. The maximum absolute atomic E-state index is 14.8. The van der Waals surface area contributed by atoms with E-state index in [0.717, 1.165) is 34.7 Å². The number of aryl methyl sites for hydroxylation is 1. The molecule has 1 N–H and O–H groups in total. The van der Waals surface area contributed by atoms with E-state index in [0.29, 0.717) is 30.2 Å². The van der Waals surface area contributed by atoms with Crippen molar-refractivity contribution >= 4 is 22.4 Å². The SMILES string of the molecule is COc1cccc(F)c1-c1cc(C)ncc1C(=O)Nc1nnc(OCc2ccc3c(n2)CCOC3)s1. The van der Waals surface area contributed by atoms with Gasteiger partial charge in [-0.2, -0.15) is 0 Å². The Hall–Kier alpha value is -3.96. The van der Waals surface area contributed by atoms with E-state index in [1.807, 2.05) is 12.1 Å². The summed E-state index contributed by atoms with van der Waals surface area (Å²) in [6.07, 6.45) is 2.17. The number of rotatable bonds is 7. The molecule has 1 amide bonds. The van der Waals surface area contributed by atoms with Gasteiger partial charge < -0.3 is 14.2 Å². The van der Waals surface area contributed by atoms with Crippen LogP contribution in [0.1, 0.15) is 33.0 Å². The van der Waals surface area contributed by atoms with Crippen LogP contribution in [0, 0.1) is 12.7 Å². The van der Waals surface area contributed by atoms with Crippen molar-refractivity contribution in [3.8, 4) is 22.1 Å². The molecule has 0 saturated heterocycles. The monoisotopic (exact) mass is 507 g/mol. The van der Waals surface area contributed by atoms with Crippen molar-refractivity contribution in [1.82, 2.24) is 20.2 Å². The molecule has 1 aliphatic heterocycles. The number of carbonyl (C=O) groups is 1. The average Bonchev–Trinajstić information content (AvgIpc) is 3.34. The third-order valence-electron chi connectivity index (χ3n) is 5.59. The number of hydrogen-bond acceptors (Lipinski definition) is 9. The molecule has 0 aliphatic carbocycles. The van der Waals surface area contributed by atoms with Crippen molar-refractivity contribution < 1.29 is 23.4 Å². The van der Waals surface area contributed by atoms with E-state index in [-0.39, 0.29) is 28.1 Å². The molecule has 9 nitrogen and oxygen atoms in total. The van der Waals surface area contributed by atoms with Gasteiger partial charge in [-0.3, -0.25) is 20.1 Å². The Morgan fingerprint density at radius 1 is 1.25 bits per heavy atom. The second-order valence-electron chi connectivity index (χ2n) is 8.02. The molecule has 0 bridgehead atoms. The molecule has 184 valence electrons. The highest BCUT2D eigenvalue weighted by Crippen LogP contribution is 2.35. The van der Waals surface area contributed by atoms with Crippen LogP contribution in [0.2, 0.25) is 0 Å². The van der Waals surface area contributed by atoms with Gasteiger partial charge in [0.05, 0.1) is 37.1 Å². The standard InChI is InChI=1S/C25H22FN5O4S/c1-14-10-17(22-19(26)4-3-5-21(22)33-2)18(11-27-14)23(32)29-24-30-31-25(36-24)35-13-16-7-6-15-12-34-9-8-20(15)28-16/h3-7,10-11H,8-9,12-13H2,1-2H3,(H,29,30,32). The number of fused-ring (bicyclic) bond motifs is 1. The lowest BCUT2D eigenvalue weighted by Crippen LogP contribution is -2.14. The molecule has 4 heterocycles. The molecule has 36 heavy (non-hydrogen) atoms. The molecule has 0 unspecified atom stereocenters. The lowest BCUT2D eigenvalue weighted by molar-refractivity contribution is 0.102. The molecule has 5 rings (SSSR count). The number of nitrogens with one attached hydrogen (secondary N) is 1. The normalized spacial score (nSPS) is 12.6. The molecule has 0 radical (unpaired) electrons. The van der Waals surface area contributed by atoms with Gasteiger partial charge >= 0.3 is 0 Å². The highest BCUT2D eigenvalue weighted by atomic mass is 32.1. The molecule has 0 spiro atoms. The van der Waals surface area contributed by atoms with E-state index >= 15 is 0 Å². The van der Waals surface area contributed by atoms with Crippen molar-refractivity contribution in [2.75, 3.05) is 19.0 Å². The minimum atomic E-state index is -0.510. The topological polar surface area (TPSA) is 108 Å². The molecule has 1 aliphatic rings. The highest BCUT2D eigenvalue weighted by molar-refractivity contribution is 7.17. The van der Waals surface area contributed by atoms with E-state index in [1.165, 1.54) is 19.4 Å². The smallest absolute Gasteiger partial charge is 0.296 e. The van der Waals surface area contributed by atoms with Gasteiger partial charge in [-0.1, -0.05) is 17.2 Å². The number of benzene rings is 1. The lowest BCUT2D eigenvalue weighted by Gasteiger charge is -2.16. The van der Waals surface area contributed by atoms with Gasteiger partial charge in [0.15, 0.2) is 0 Å². The van der Waals surface area contributed by atoms with Gasteiger partial charge in [-0.25, -0.2) is 4.39 Å². The van der Waals surface area contributed by atoms with Crippen molar-refractivity contribution in [2.24, 2.45) is 0 Å². The molecule has 1 aromatic carbocycles. The zero-order chi connectivity index (χ0) is 25.1. The fourth-order valence-corrected chi connectivity index (χ4v) is 4.45. The molecular weight excluding hydrogens is 485 g/mol. The Balaban J connectivity index is 1.31.